The molecule has 1 aromatic heterocycles. The van der Waals surface area contributed by atoms with Crippen LogP contribution in [0.4, 0.5) is 5.82 Å². The van der Waals surface area contributed by atoms with E-state index >= 15 is 0 Å². The van der Waals surface area contributed by atoms with Crippen LogP contribution >= 0.6 is 24.8 Å². The first kappa shape index (κ1) is 22.0. The number of rotatable bonds is 8. The van der Waals surface area contributed by atoms with Gasteiger partial charge in [0, 0.05) is 31.9 Å². The van der Waals surface area contributed by atoms with Crippen molar-refractivity contribution >= 4 is 36.5 Å². The third kappa shape index (κ3) is 6.16. The van der Waals surface area contributed by atoms with Gasteiger partial charge in [-0.05, 0) is 44.2 Å². The number of carbonyl (C=O) groups excluding carboxylic acids is 1. The number of amides is 1. The third-order valence-electron chi connectivity index (χ3n) is 3.97. The Morgan fingerprint density at radius 2 is 2.09 bits per heavy atom. The van der Waals surface area contributed by atoms with Gasteiger partial charge in [0.15, 0.2) is 0 Å². The summed E-state index contributed by atoms with van der Waals surface area (Å²) < 4.78 is 0. The van der Waals surface area contributed by atoms with Crippen molar-refractivity contribution in [1.29, 1.82) is 0 Å². The molecule has 0 saturated heterocycles. The predicted molar refractivity (Wildman–Crippen MR) is 99.9 cm³/mol. The van der Waals surface area contributed by atoms with E-state index in [0.717, 1.165) is 25.3 Å². The van der Waals surface area contributed by atoms with Crippen molar-refractivity contribution < 1.29 is 4.79 Å². The lowest BCUT2D eigenvalue weighted by atomic mass is 10.1. The van der Waals surface area contributed by atoms with Crippen LogP contribution in [0.25, 0.3) is 0 Å². The number of pyridine rings is 1. The van der Waals surface area contributed by atoms with Gasteiger partial charge in [-0.15, -0.1) is 24.8 Å². The first-order valence-corrected chi connectivity index (χ1v) is 7.91. The maximum Gasteiger partial charge on any atom is 0.253 e. The second-order valence-electron chi connectivity index (χ2n) is 5.64. The van der Waals surface area contributed by atoms with E-state index in [1.54, 1.807) is 6.20 Å². The van der Waals surface area contributed by atoms with E-state index < -0.39 is 0 Å². The standard InChI is InChI=1S/C16H26N4O.2ClH/c1-3-9-20(4-2)15-8-7-13(11-18-15)16(21)19-14(10-17)12-5-6-12;;/h7-8,11-12,14H,3-6,9-10,17H2,1-2H3,(H,19,21);2*1H. The highest BCUT2D eigenvalue weighted by molar-refractivity contribution is 5.94. The lowest BCUT2D eigenvalue weighted by molar-refractivity contribution is 0.0933. The van der Waals surface area contributed by atoms with Gasteiger partial charge in [0.25, 0.3) is 5.91 Å². The number of nitrogens with zero attached hydrogens (tertiary/aromatic N) is 2. The van der Waals surface area contributed by atoms with Crippen molar-refractivity contribution in [2.45, 2.75) is 39.2 Å². The van der Waals surface area contributed by atoms with Crippen molar-refractivity contribution in [3.05, 3.63) is 23.9 Å². The Morgan fingerprint density at radius 1 is 1.39 bits per heavy atom. The van der Waals surface area contributed by atoms with Gasteiger partial charge < -0.3 is 16.0 Å². The van der Waals surface area contributed by atoms with E-state index in [1.807, 2.05) is 12.1 Å². The van der Waals surface area contributed by atoms with Gasteiger partial charge in [-0.2, -0.15) is 0 Å². The normalized spacial score (nSPS) is 14.2. The zero-order chi connectivity index (χ0) is 15.2. The van der Waals surface area contributed by atoms with E-state index in [0.29, 0.717) is 18.0 Å². The molecule has 1 atom stereocenters. The average Bonchev–Trinajstić information content (AvgIpc) is 3.35. The Labute approximate surface area is 151 Å². The fourth-order valence-electron chi connectivity index (χ4n) is 2.53. The molecule has 0 radical (unpaired) electrons. The third-order valence-corrected chi connectivity index (χ3v) is 3.97. The molecular formula is C16H28Cl2N4O. The molecule has 1 unspecified atom stereocenters. The highest BCUT2D eigenvalue weighted by atomic mass is 35.5. The van der Waals surface area contributed by atoms with Crippen LogP contribution in [0, 0.1) is 5.92 Å². The minimum Gasteiger partial charge on any atom is -0.357 e. The molecule has 1 aromatic rings. The van der Waals surface area contributed by atoms with Crippen LogP contribution in [0.2, 0.25) is 0 Å². The Balaban J connectivity index is 0.00000242. The minimum atomic E-state index is -0.0741. The highest BCUT2D eigenvalue weighted by Gasteiger charge is 2.31. The number of nitrogens with two attached hydrogens (primary N) is 1. The molecule has 1 amide bonds. The van der Waals surface area contributed by atoms with Crippen LogP contribution in [0.5, 0.6) is 0 Å². The summed E-state index contributed by atoms with van der Waals surface area (Å²) in [5.74, 6) is 1.41. The van der Waals surface area contributed by atoms with Gasteiger partial charge in [0.05, 0.1) is 5.56 Å². The van der Waals surface area contributed by atoms with Gasteiger partial charge in [-0.25, -0.2) is 4.98 Å². The molecule has 23 heavy (non-hydrogen) atoms. The molecule has 2 rings (SSSR count). The van der Waals surface area contributed by atoms with Crippen molar-refractivity contribution in [3.63, 3.8) is 0 Å². The highest BCUT2D eigenvalue weighted by Crippen LogP contribution is 2.32. The predicted octanol–water partition coefficient (Wildman–Crippen LogP) is 2.63. The van der Waals surface area contributed by atoms with Crippen molar-refractivity contribution in [2.75, 3.05) is 24.5 Å². The summed E-state index contributed by atoms with van der Waals surface area (Å²) in [5.41, 5.74) is 6.32. The van der Waals surface area contributed by atoms with Gasteiger partial charge in [0.1, 0.15) is 5.82 Å². The molecular weight excluding hydrogens is 335 g/mol. The molecule has 0 spiro atoms. The van der Waals surface area contributed by atoms with Crippen molar-refractivity contribution in [2.24, 2.45) is 11.7 Å². The Kier molecular flexibility index (Phi) is 10.2. The number of halogens is 2. The first-order chi connectivity index (χ1) is 10.2. The molecule has 0 aliphatic heterocycles. The summed E-state index contributed by atoms with van der Waals surface area (Å²) in [5, 5.41) is 3.02. The topological polar surface area (TPSA) is 71.2 Å². The van der Waals surface area contributed by atoms with E-state index in [1.165, 1.54) is 12.8 Å². The van der Waals surface area contributed by atoms with E-state index in [4.69, 9.17) is 5.73 Å². The van der Waals surface area contributed by atoms with Crippen LogP contribution in [-0.4, -0.2) is 36.6 Å². The zero-order valence-corrected chi connectivity index (χ0v) is 15.5. The zero-order valence-electron chi connectivity index (χ0n) is 13.8. The van der Waals surface area contributed by atoms with E-state index in [9.17, 15) is 4.79 Å². The molecule has 1 saturated carbocycles. The summed E-state index contributed by atoms with van der Waals surface area (Å²) in [6, 6.07) is 3.86. The maximum atomic E-state index is 12.2. The summed E-state index contributed by atoms with van der Waals surface area (Å²) in [6.45, 7) is 6.66. The lowest BCUT2D eigenvalue weighted by Crippen LogP contribution is -2.41. The van der Waals surface area contributed by atoms with Crippen LogP contribution in [-0.2, 0) is 0 Å². The summed E-state index contributed by atoms with van der Waals surface area (Å²) in [4.78, 5) is 18.8. The summed E-state index contributed by atoms with van der Waals surface area (Å²) >= 11 is 0. The molecule has 1 aliphatic rings. The fraction of sp³-hybridized carbons (Fsp3) is 0.625. The second kappa shape index (κ2) is 10.7. The quantitative estimate of drug-likeness (QED) is 0.745. The van der Waals surface area contributed by atoms with Crippen LogP contribution in [0.15, 0.2) is 18.3 Å². The van der Waals surface area contributed by atoms with Crippen molar-refractivity contribution in [3.8, 4) is 0 Å². The fourth-order valence-corrected chi connectivity index (χ4v) is 2.53. The second-order valence-corrected chi connectivity index (χ2v) is 5.64. The van der Waals surface area contributed by atoms with Gasteiger partial charge in [0.2, 0.25) is 0 Å². The molecule has 5 nitrogen and oxygen atoms in total. The largest absolute Gasteiger partial charge is 0.357 e. The Morgan fingerprint density at radius 3 is 2.52 bits per heavy atom. The lowest BCUT2D eigenvalue weighted by Gasteiger charge is -2.21. The maximum absolute atomic E-state index is 12.2. The molecule has 132 valence electrons. The molecule has 1 heterocycles. The molecule has 1 fully saturated rings. The molecule has 0 aromatic carbocycles. The van der Waals surface area contributed by atoms with Crippen LogP contribution in [0.3, 0.4) is 0 Å². The smallest absolute Gasteiger partial charge is 0.253 e. The first-order valence-electron chi connectivity index (χ1n) is 7.91. The molecule has 7 heteroatoms. The Bertz CT molecular complexity index is 466. The van der Waals surface area contributed by atoms with E-state index in [2.05, 4.69) is 29.0 Å². The number of aromatic nitrogens is 1. The molecule has 3 N–H and O–H groups in total. The number of carbonyl (C=O) groups is 1. The Hall–Kier alpha value is -1.04. The van der Waals surface area contributed by atoms with Gasteiger partial charge >= 0.3 is 0 Å². The van der Waals surface area contributed by atoms with Crippen molar-refractivity contribution in [1.82, 2.24) is 10.3 Å². The number of hydrogen-bond acceptors (Lipinski definition) is 4. The molecule has 0 bridgehead atoms. The van der Waals surface area contributed by atoms with Crippen LogP contribution in [0.1, 0.15) is 43.5 Å². The molecule has 1 aliphatic carbocycles. The minimum absolute atomic E-state index is 0. The van der Waals surface area contributed by atoms with Gasteiger partial charge in [-0.3, -0.25) is 4.79 Å². The van der Waals surface area contributed by atoms with Gasteiger partial charge in [-0.1, -0.05) is 6.92 Å². The average molecular weight is 363 g/mol. The monoisotopic (exact) mass is 362 g/mol. The summed E-state index contributed by atoms with van der Waals surface area (Å²) in [6.07, 6.45) is 5.07. The number of anilines is 1. The van der Waals surface area contributed by atoms with E-state index in [-0.39, 0.29) is 36.8 Å². The number of hydrogen-bond donors (Lipinski definition) is 2. The number of nitrogens with one attached hydrogen (secondary N) is 1. The summed E-state index contributed by atoms with van der Waals surface area (Å²) in [7, 11) is 0. The van der Waals surface area contributed by atoms with Crippen LogP contribution < -0.4 is 16.0 Å². The SMILES string of the molecule is CCCN(CC)c1ccc(C(=O)NC(CN)C2CC2)cn1.Cl.Cl.